The number of allylic oxidation sites excluding steroid dienone is 8. The van der Waals surface area contributed by atoms with Crippen molar-refractivity contribution in [3.05, 3.63) is 73.3 Å². The standard InChI is InChI=1S/C15H20O.2C2H6/c1-5-9-12-14(8-4)16-15(11-7-3)13-10-6-2;2*1-2/h5,7-13H,1,3,6H2,2,4H3;2*1-2H3/b12-9-,13-10-,14-8+,15-11+;;. The van der Waals surface area contributed by atoms with Crippen molar-refractivity contribution in [3.8, 4) is 0 Å². The summed E-state index contributed by atoms with van der Waals surface area (Å²) in [6.07, 6.45) is 15.8. The first kappa shape index (κ1) is 23.3. The predicted octanol–water partition coefficient (Wildman–Crippen LogP) is 6.74. The van der Waals surface area contributed by atoms with E-state index >= 15 is 0 Å². The van der Waals surface area contributed by atoms with E-state index < -0.39 is 0 Å². The fourth-order valence-electron chi connectivity index (χ4n) is 0.962. The van der Waals surface area contributed by atoms with Crippen LogP contribution in [0.5, 0.6) is 0 Å². The van der Waals surface area contributed by atoms with Crippen molar-refractivity contribution < 1.29 is 4.74 Å². The van der Waals surface area contributed by atoms with Crippen molar-refractivity contribution in [2.45, 2.75) is 48.0 Å². The molecule has 114 valence electrons. The lowest BCUT2D eigenvalue weighted by molar-refractivity contribution is 0.335. The topological polar surface area (TPSA) is 9.23 Å². The van der Waals surface area contributed by atoms with E-state index in [1.807, 2.05) is 71.1 Å². The van der Waals surface area contributed by atoms with Crippen LogP contribution in [0.15, 0.2) is 73.3 Å². The van der Waals surface area contributed by atoms with E-state index in [9.17, 15) is 0 Å². The monoisotopic (exact) mass is 276 g/mol. The molecule has 20 heavy (non-hydrogen) atoms. The zero-order valence-electron chi connectivity index (χ0n) is 14.1. The van der Waals surface area contributed by atoms with E-state index in [4.69, 9.17) is 4.74 Å². The van der Waals surface area contributed by atoms with Crippen LogP contribution in [0.4, 0.5) is 0 Å². The SMILES string of the molecule is C=C/C=C\C(=C/C)OC(/C=C\CC)=C/C=C.CC.CC. The third kappa shape index (κ3) is 16.2. The molecule has 0 aromatic heterocycles. The Balaban J connectivity index is -0.000000656. The normalized spacial score (nSPS) is 11.3. The molecule has 0 amide bonds. The summed E-state index contributed by atoms with van der Waals surface area (Å²) in [6.45, 7) is 19.3. The first-order chi connectivity index (χ1) is 9.78. The van der Waals surface area contributed by atoms with Crippen molar-refractivity contribution in [3.63, 3.8) is 0 Å². The van der Waals surface area contributed by atoms with Gasteiger partial charge in [0.15, 0.2) is 0 Å². The van der Waals surface area contributed by atoms with Crippen LogP contribution in [0.1, 0.15) is 48.0 Å². The molecule has 0 spiro atoms. The van der Waals surface area contributed by atoms with Crippen molar-refractivity contribution in [2.24, 2.45) is 0 Å². The van der Waals surface area contributed by atoms with E-state index in [0.29, 0.717) is 0 Å². The number of ether oxygens (including phenoxy) is 1. The molecule has 1 nitrogen and oxygen atoms in total. The lowest BCUT2D eigenvalue weighted by atomic mass is 10.3. The molecular weight excluding hydrogens is 244 g/mol. The molecule has 0 radical (unpaired) electrons. The van der Waals surface area contributed by atoms with Crippen LogP contribution in [-0.4, -0.2) is 0 Å². The highest BCUT2D eigenvalue weighted by molar-refractivity contribution is 5.23. The van der Waals surface area contributed by atoms with E-state index in [1.165, 1.54) is 0 Å². The second-order valence-corrected chi connectivity index (χ2v) is 3.00. The van der Waals surface area contributed by atoms with Gasteiger partial charge in [-0.1, -0.05) is 72.1 Å². The fourth-order valence-corrected chi connectivity index (χ4v) is 0.962. The molecule has 0 fully saturated rings. The average molecular weight is 276 g/mol. The Morgan fingerprint density at radius 3 is 1.95 bits per heavy atom. The highest BCUT2D eigenvalue weighted by Crippen LogP contribution is 2.10. The van der Waals surface area contributed by atoms with Crippen LogP contribution in [-0.2, 0) is 4.74 Å². The Morgan fingerprint density at radius 1 is 0.950 bits per heavy atom. The molecule has 0 aliphatic carbocycles. The molecule has 0 aliphatic heterocycles. The zero-order chi connectivity index (χ0) is 16.2. The second kappa shape index (κ2) is 22.4. The lowest BCUT2D eigenvalue weighted by Crippen LogP contribution is -1.88. The fraction of sp³-hybridized carbons (Fsp3) is 0.368. The number of hydrogen-bond acceptors (Lipinski definition) is 1. The molecule has 0 heterocycles. The van der Waals surface area contributed by atoms with Gasteiger partial charge in [-0.3, -0.25) is 0 Å². The van der Waals surface area contributed by atoms with Crippen LogP contribution in [0.25, 0.3) is 0 Å². The number of rotatable bonds is 7. The van der Waals surface area contributed by atoms with Gasteiger partial charge in [-0.25, -0.2) is 0 Å². The molecule has 1 heteroatoms. The highest BCUT2D eigenvalue weighted by Gasteiger charge is 1.94. The summed E-state index contributed by atoms with van der Waals surface area (Å²) in [5.41, 5.74) is 0. The first-order valence-electron chi connectivity index (χ1n) is 7.41. The van der Waals surface area contributed by atoms with Gasteiger partial charge >= 0.3 is 0 Å². The zero-order valence-corrected chi connectivity index (χ0v) is 14.1. The van der Waals surface area contributed by atoms with E-state index in [2.05, 4.69) is 20.1 Å². The second-order valence-electron chi connectivity index (χ2n) is 3.00. The molecule has 0 saturated carbocycles. The molecule has 0 atom stereocenters. The number of hydrogen-bond donors (Lipinski definition) is 0. The molecule has 0 bridgehead atoms. The first-order valence-corrected chi connectivity index (χ1v) is 7.41. The summed E-state index contributed by atoms with van der Waals surface area (Å²) in [6, 6.07) is 0. The minimum Gasteiger partial charge on any atom is -0.458 e. The van der Waals surface area contributed by atoms with Gasteiger partial charge in [0.1, 0.15) is 11.5 Å². The van der Waals surface area contributed by atoms with Gasteiger partial charge in [0.2, 0.25) is 0 Å². The molecule has 0 N–H and O–H groups in total. The average Bonchev–Trinajstić information content (AvgIpc) is 2.52. The minimum atomic E-state index is 0.777. The van der Waals surface area contributed by atoms with Gasteiger partial charge in [0, 0.05) is 0 Å². The van der Waals surface area contributed by atoms with Gasteiger partial charge in [0.05, 0.1) is 0 Å². The molecule has 0 aromatic rings. The van der Waals surface area contributed by atoms with E-state index in [0.717, 1.165) is 17.9 Å². The van der Waals surface area contributed by atoms with Crippen LogP contribution < -0.4 is 0 Å². The summed E-state index contributed by atoms with van der Waals surface area (Å²) < 4.78 is 5.67. The maximum Gasteiger partial charge on any atom is 0.127 e. The summed E-state index contributed by atoms with van der Waals surface area (Å²) in [7, 11) is 0. The third-order valence-corrected chi connectivity index (χ3v) is 1.72. The van der Waals surface area contributed by atoms with Crippen LogP contribution in [0.3, 0.4) is 0 Å². The predicted molar refractivity (Wildman–Crippen MR) is 94.6 cm³/mol. The van der Waals surface area contributed by atoms with Crippen molar-refractivity contribution in [1.82, 2.24) is 0 Å². The van der Waals surface area contributed by atoms with Gasteiger partial charge in [-0.2, -0.15) is 0 Å². The quantitative estimate of drug-likeness (QED) is 0.369. The van der Waals surface area contributed by atoms with Crippen molar-refractivity contribution >= 4 is 0 Å². The summed E-state index contributed by atoms with van der Waals surface area (Å²) >= 11 is 0. The molecule has 0 saturated heterocycles. The maximum atomic E-state index is 5.67. The Hall–Kier alpha value is -1.76. The van der Waals surface area contributed by atoms with Crippen molar-refractivity contribution in [1.29, 1.82) is 0 Å². The van der Waals surface area contributed by atoms with Crippen LogP contribution >= 0.6 is 0 Å². The highest BCUT2D eigenvalue weighted by atomic mass is 16.5. The molecule has 0 unspecified atom stereocenters. The summed E-state index contributed by atoms with van der Waals surface area (Å²) in [5.74, 6) is 1.56. The Kier molecular flexibility index (Phi) is 26.2. The molecule has 0 rings (SSSR count). The summed E-state index contributed by atoms with van der Waals surface area (Å²) in [4.78, 5) is 0. The van der Waals surface area contributed by atoms with Crippen molar-refractivity contribution in [2.75, 3.05) is 0 Å². The Morgan fingerprint density at radius 2 is 1.55 bits per heavy atom. The smallest absolute Gasteiger partial charge is 0.127 e. The third-order valence-electron chi connectivity index (χ3n) is 1.72. The molecular formula is C19H32O. The van der Waals surface area contributed by atoms with E-state index in [-0.39, 0.29) is 0 Å². The Bertz CT molecular complexity index is 328. The molecule has 0 aromatic carbocycles. The van der Waals surface area contributed by atoms with Crippen LogP contribution in [0, 0.1) is 0 Å². The summed E-state index contributed by atoms with van der Waals surface area (Å²) in [5, 5.41) is 0. The van der Waals surface area contributed by atoms with Gasteiger partial charge < -0.3 is 4.74 Å². The Labute approximate surface area is 126 Å². The largest absolute Gasteiger partial charge is 0.458 e. The molecule has 0 aliphatic rings. The van der Waals surface area contributed by atoms with Gasteiger partial charge in [0.25, 0.3) is 0 Å². The van der Waals surface area contributed by atoms with Crippen LogP contribution in [0.2, 0.25) is 0 Å². The van der Waals surface area contributed by atoms with Gasteiger partial charge in [-0.05, 0) is 37.6 Å². The maximum absolute atomic E-state index is 5.67. The van der Waals surface area contributed by atoms with Gasteiger partial charge in [-0.15, -0.1) is 0 Å². The van der Waals surface area contributed by atoms with E-state index in [1.54, 1.807) is 12.2 Å². The minimum absolute atomic E-state index is 0.777. The lowest BCUT2D eigenvalue weighted by Gasteiger charge is -2.06.